The largest absolute Gasteiger partial charge is 0.396 e. The number of amides is 1. The maximum Gasteiger partial charge on any atom is 0.226 e. The van der Waals surface area contributed by atoms with Gasteiger partial charge in [-0.25, -0.2) is 0 Å². The monoisotopic (exact) mass is 295 g/mol. The van der Waals surface area contributed by atoms with Crippen molar-refractivity contribution in [1.82, 2.24) is 4.90 Å². The minimum Gasteiger partial charge on any atom is -0.396 e. The van der Waals surface area contributed by atoms with Gasteiger partial charge in [-0.3, -0.25) is 4.79 Å². The predicted molar refractivity (Wildman–Crippen MR) is 67.1 cm³/mol. The molecule has 0 aromatic heterocycles. The van der Waals surface area contributed by atoms with Gasteiger partial charge in [-0.1, -0.05) is 34.1 Å². The number of rotatable bonds is 3. The van der Waals surface area contributed by atoms with E-state index in [1.165, 1.54) is 0 Å². The average Bonchev–Trinajstić information content (AvgIpc) is 2.94. The van der Waals surface area contributed by atoms with Gasteiger partial charge in [-0.05, 0) is 23.5 Å². The highest BCUT2D eigenvalue weighted by molar-refractivity contribution is 9.10. The van der Waals surface area contributed by atoms with Crippen molar-refractivity contribution in [3.05, 3.63) is 34.3 Å². The molecule has 1 heterocycles. The number of fused-ring (bicyclic) bond motifs is 1. The van der Waals surface area contributed by atoms with Crippen molar-refractivity contribution < 1.29 is 9.90 Å². The highest BCUT2D eigenvalue weighted by atomic mass is 79.9. The van der Waals surface area contributed by atoms with Gasteiger partial charge in [-0.15, -0.1) is 0 Å². The van der Waals surface area contributed by atoms with Crippen LogP contribution in [0, 0.1) is 17.8 Å². The molecule has 0 radical (unpaired) electrons. The molecule has 3 nitrogen and oxygen atoms in total. The number of hydrogen-bond donors (Lipinski definition) is 1. The highest BCUT2D eigenvalue weighted by Crippen LogP contribution is 2.52. The third-order valence-corrected chi connectivity index (χ3v) is 4.66. The number of nitrogens with zero attached hydrogens (tertiary/aromatic N) is 1. The second-order valence-electron chi connectivity index (χ2n) is 4.85. The van der Waals surface area contributed by atoms with Gasteiger partial charge < -0.3 is 10.0 Å². The molecule has 3 unspecified atom stereocenters. The van der Waals surface area contributed by atoms with E-state index in [9.17, 15) is 4.79 Å². The number of carbonyl (C=O) groups is 1. The van der Waals surface area contributed by atoms with Gasteiger partial charge in [0.05, 0.1) is 0 Å². The summed E-state index contributed by atoms with van der Waals surface area (Å²) in [5.74, 6) is 0.945. The van der Waals surface area contributed by atoms with Crippen molar-refractivity contribution in [3.63, 3.8) is 0 Å². The Bertz CT molecular complexity index is 462. The topological polar surface area (TPSA) is 40.5 Å². The number of benzene rings is 1. The lowest BCUT2D eigenvalue weighted by atomic mass is 10.2. The van der Waals surface area contributed by atoms with E-state index in [4.69, 9.17) is 5.11 Å². The molecular weight excluding hydrogens is 282 g/mol. The summed E-state index contributed by atoms with van der Waals surface area (Å²) >= 11 is 3.50. The van der Waals surface area contributed by atoms with Gasteiger partial charge in [0.2, 0.25) is 5.91 Å². The summed E-state index contributed by atoms with van der Waals surface area (Å²) in [4.78, 5) is 13.9. The zero-order chi connectivity index (χ0) is 12.0. The van der Waals surface area contributed by atoms with Crippen molar-refractivity contribution in [2.24, 2.45) is 17.8 Å². The lowest BCUT2D eigenvalue weighted by molar-refractivity contribution is -0.131. The molecule has 1 aliphatic heterocycles. The minimum absolute atomic E-state index is 0.0995. The molecular formula is C13H14BrNO2. The van der Waals surface area contributed by atoms with Crippen molar-refractivity contribution >= 4 is 21.8 Å². The van der Waals surface area contributed by atoms with E-state index in [0.717, 1.165) is 16.6 Å². The van der Waals surface area contributed by atoms with Gasteiger partial charge in [-0.2, -0.15) is 0 Å². The van der Waals surface area contributed by atoms with Gasteiger partial charge >= 0.3 is 0 Å². The molecule has 1 aliphatic carbocycles. The van der Waals surface area contributed by atoms with Crippen LogP contribution in [0.1, 0.15) is 5.56 Å². The fraction of sp³-hybridized carbons (Fsp3) is 0.462. The normalized spacial score (nSPS) is 30.6. The van der Waals surface area contributed by atoms with Crippen LogP contribution in [-0.2, 0) is 11.3 Å². The Morgan fingerprint density at radius 3 is 2.76 bits per heavy atom. The summed E-state index contributed by atoms with van der Waals surface area (Å²) in [6.07, 6.45) is 0. The first-order valence-corrected chi connectivity index (χ1v) is 6.64. The van der Waals surface area contributed by atoms with Gasteiger partial charge in [0.1, 0.15) is 0 Å². The van der Waals surface area contributed by atoms with E-state index in [2.05, 4.69) is 15.9 Å². The molecule has 1 amide bonds. The van der Waals surface area contributed by atoms with Crippen molar-refractivity contribution in [2.45, 2.75) is 6.54 Å². The van der Waals surface area contributed by atoms with E-state index in [0.29, 0.717) is 12.5 Å². The molecule has 1 saturated heterocycles. The molecule has 3 atom stereocenters. The molecule has 1 aromatic carbocycles. The molecule has 1 aromatic rings. The van der Waals surface area contributed by atoms with Crippen molar-refractivity contribution in [3.8, 4) is 0 Å². The Morgan fingerprint density at radius 1 is 1.41 bits per heavy atom. The van der Waals surface area contributed by atoms with E-state index in [1.807, 2.05) is 29.2 Å². The molecule has 0 bridgehead atoms. The number of aliphatic hydroxyl groups is 1. The second-order valence-corrected chi connectivity index (χ2v) is 5.70. The molecule has 1 N–H and O–H groups in total. The molecule has 90 valence electrons. The first-order chi connectivity index (χ1) is 8.22. The SMILES string of the molecule is O=C1C2C(CO)C2CN1Cc1ccccc1Br. The molecule has 0 spiro atoms. The Hall–Kier alpha value is -0.870. The van der Waals surface area contributed by atoms with E-state index in [-0.39, 0.29) is 24.3 Å². The van der Waals surface area contributed by atoms with Crippen LogP contribution in [0.25, 0.3) is 0 Å². The summed E-state index contributed by atoms with van der Waals surface area (Å²) in [6.45, 7) is 1.63. The molecule has 3 rings (SSSR count). The maximum atomic E-state index is 12.0. The number of likely N-dealkylation sites (tertiary alicyclic amines) is 1. The van der Waals surface area contributed by atoms with Crippen LogP contribution in [-0.4, -0.2) is 29.1 Å². The summed E-state index contributed by atoms with van der Waals surface area (Å²) in [5.41, 5.74) is 1.14. The summed E-state index contributed by atoms with van der Waals surface area (Å²) in [6, 6.07) is 7.98. The lowest BCUT2D eigenvalue weighted by Crippen LogP contribution is -2.30. The maximum absolute atomic E-state index is 12.0. The van der Waals surface area contributed by atoms with Crippen molar-refractivity contribution in [1.29, 1.82) is 0 Å². The van der Waals surface area contributed by atoms with E-state index in [1.54, 1.807) is 0 Å². The molecule has 2 fully saturated rings. The first-order valence-electron chi connectivity index (χ1n) is 5.85. The molecule has 1 saturated carbocycles. The third kappa shape index (κ3) is 1.79. The van der Waals surface area contributed by atoms with Crippen LogP contribution in [0.15, 0.2) is 28.7 Å². The van der Waals surface area contributed by atoms with E-state index < -0.39 is 0 Å². The second kappa shape index (κ2) is 4.10. The average molecular weight is 296 g/mol. The van der Waals surface area contributed by atoms with Crippen LogP contribution in [0.5, 0.6) is 0 Å². The zero-order valence-corrected chi connectivity index (χ0v) is 10.9. The molecule has 17 heavy (non-hydrogen) atoms. The number of halogens is 1. The third-order valence-electron chi connectivity index (χ3n) is 3.89. The predicted octanol–water partition coefficient (Wildman–Crippen LogP) is 1.65. The fourth-order valence-electron chi connectivity index (χ4n) is 2.84. The standard InChI is InChI=1S/C13H14BrNO2/c14-11-4-2-1-3-8(11)5-15-6-9-10(7-16)12(9)13(15)17/h1-4,9-10,12,16H,5-7H2. The molecule has 4 heteroatoms. The van der Waals surface area contributed by atoms with Crippen LogP contribution in [0.3, 0.4) is 0 Å². The Labute approximate surface area is 109 Å². The van der Waals surface area contributed by atoms with Crippen LogP contribution >= 0.6 is 15.9 Å². The minimum atomic E-state index is 0.0995. The lowest BCUT2D eigenvalue weighted by Gasteiger charge is -2.20. The number of carbonyl (C=O) groups excluding carboxylic acids is 1. The molecule has 2 aliphatic rings. The van der Waals surface area contributed by atoms with Crippen LogP contribution in [0.4, 0.5) is 0 Å². The first kappa shape index (κ1) is 11.2. The summed E-state index contributed by atoms with van der Waals surface area (Å²) in [7, 11) is 0. The quantitative estimate of drug-likeness (QED) is 0.921. The van der Waals surface area contributed by atoms with Gasteiger partial charge in [0.25, 0.3) is 0 Å². The number of aliphatic hydroxyl groups excluding tert-OH is 1. The number of hydrogen-bond acceptors (Lipinski definition) is 2. The Balaban J connectivity index is 1.69. The van der Waals surface area contributed by atoms with Crippen molar-refractivity contribution in [2.75, 3.05) is 13.2 Å². The summed E-state index contributed by atoms with van der Waals surface area (Å²) in [5, 5.41) is 9.07. The highest BCUT2D eigenvalue weighted by Gasteiger charge is 2.60. The Morgan fingerprint density at radius 2 is 2.18 bits per heavy atom. The van der Waals surface area contributed by atoms with Crippen LogP contribution in [0.2, 0.25) is 0 Å². The summed E-state index contributed by atoms with van der Waals surface area (Å²) < 4.78 is 1.05. The fourth-order valence-corrected chi connectivity index (χ4v) is 3.25. The smallest absolute Gasteiger partial charge is 0.226 e. The van der Waals surface area contributed by atoms with Crippen LogP contribution < -0.4 is 0 Å². The van der Waals surface area contributed by atoms with Gasteiger partial charge in [0, 0.05) is 30.1 Å². The zero-order valence-electron chi connectivity index (χ0n) is 9.34. The van der Waals surface area contributed by atoms with E-state index >= 15 is 0 Å². The number of piperidine rings is 1. The Kier molecular flexibility index (Phi) is 2.71. The van der Waals surface area contributed by atoms with Gasteiger partial charge in [0.15, 0.2) is 0 Å².